The highest BCUT2D eigenvalue weighted by atomic mass is 32.2. The molecule has 2 unspecified atom stereocenters. The molecule has 172 valence electrons. The zero-order chi connectivity index (χ0) is 23.2. The maximum absolute atomic E-state index is 13.0. The van der Waals surface area contributed by atoms with E-state index >= 15 is 0 Å². The summed E-state index contributed by atoms with van der Waals surface area (Å²) in [7, 11) is 3.52. The van der Waals surface area contributed by atoms with E-state index in [-0.39, 0.29) is 29.0 Å². The van der Waals surface area contributed by atoms with Crippen molar-refractivity contribution in [3.05, 3.63) is 45.5 Å². The molecule has 1 fully saturated rings. The third-order valence-electron chi connectivity index (χ3n) is 6.30. The van der Waals surface area contributed by atoms with Crippen LogP contribution in [-0.2, 0) is 18.4 Å². The van der Waals surface area contributed by atoms with E-state index in [1.54, 1.807) is 24.1 Å². The van der Waals surface area contributed by atoms with E-state index in [2.05, 4.69) is 32.2 Å². The van der Waals surface area contributed by atoms with E-state index in [9.17, 15) is 9.59 Å². The van der Waals surface area contributed by atoms with E-state index < -0.39 is 0 Å². The molecule has 0 spiro atoms. The van der Waals surface area contributed by atoms with Crippen molar-refractivity contribution in [2.75, 3.05) is 13.6 Å². The molecule has 3 aliphatic rings. The Labute approximate surface area is 192 Å². The first kappa shape index (κ1) is 22.7. The van der Waals surface area contributed by atoms with Crippen molar-refractivity contribution in [3.63, 3.8) is 0 Å². The number of hydrogen-bond donors (Lipinski definition) is 2. The molecule has 0 radical (unpaired) electrons. The Kier molecular flexibility index (Phi) is 5.98. The lowest BCUT2D eigenvalue weighted by Gasteiger charge is -2.44. The van der Waals surface area contributed by atoms with Gasteiger partial charge in [0, 0.05) is 38.5 Å². The summed E-state index contributed by atoms with van der Waals surface area (Å²) in [5.74, 6) is 0.201. The minimum absolute atomic E-state index is 0.0130. The van der Waals surface area contributed by atoms with Crippen molar-refractivity contribution in [2.24, 2.45) is 23.5 Å². The normalized spacial score (nSPS) is 21.2. The van der Waals surface area contributed by atoms with Crippen LogP contribution in [0.25, 0.3) is 16.7 Å². The molecule has 1 saturated heterocycles. The zero-order valence-corrected chi connectivity index (χ0v) is 20.2. The second-order valence-corrected chi connectivity index (χ2v) is 10.4. The fourth-order valence-electron chi connectivity index (χ4n) is 4.79. The van der Waals surface area contributed by atoms with Gasteiger partial charge in [-0.05, 0) is 36.0 Å². The molecule has 1 aliphatic carbocycles. The van der Waals surface area contributed by atoms with Gasteiger partial charge in [0.15, 0.2) is 5.65 Å². The number of aryl methyl sites for hydroxylation is 1. The summed E-state index contributed by atoms with van der Waals surface area (Å²) in [6.45, 7) is 7.66. The molecule has 5 rings (SSSR count). The molecule has 0 aromatic carbocycles. The van der Waals surface area contributed by atoms with Gasteiger partial charge in [-0.2, -0.15) is 0 Å². The Hall–Kier alpha value is -2.52. The van der Waals surface area contributed by atoms with Crippen LogP contribution in [0.15, 0.2) is 34.1 Å². The number of nitrogens with zero attached hydrogens (tertiary/aromatic N) is 4. The lowest BCUT2D eigenvalue weighted by molar-refractivity contribution is -0.130. The average molecular weight is 457 g/mol. The van der Waals surface area contributed by atoms with Gasteiger partial charge < -0.3 is 10.2 Å². The number of nitrogens with two attached hydrogens (primary N) is 1. The Morgan fingerprint density at radius 3 is 2.69 bits per heavy atom. The van der Waals surface area contributed by atoms with Crippen LogP contribution < -0.4 is 16.1 Å². The van der Waals surface area contributed by atoms with E-state index in [4.69, 9.17) is 10.1 Å². The van der Waals surface area contributed by atoms with Crippen LogP contribution in [0.5, 0.6) is 0 Å². The fraction of sp³-hybridized carbons (Fsp3) is 0.522. The third kappa shape index (κ3) is 3.99. The average Bonchev–Trinajstić information content (AvgIpc) is 3.00. The number of pyridine rings is 1. The third-order valence-corrected chi connectivity index (χ3v) is 6.67. The van der Waals surface area contributed by atoms with Crippen LogP contribution >= 0.6 is 11.9 Å². The smallest absolute Gasteiger partial charge is 0.330 e. The van der Waals surface area contributed by atoms with E-state index in [1.165, 1.54) is 5.57 Å². The van der Waals surface area contributed by atoms with Gasteiger partial charge >= 0.3 is 5.69 Å². The molecule has 8 nitrogen and oxygen atoms in total. The second kappa shape index (κ2) is 8.44. The maximum atomic E-state index is 13.0. The van der Waals surface area contributed by atoms with E-state index in [0.717, 1.165) is 36.0 Å². The van der Waals surface area contributed by atoms with Gasteiger partial charge in [0.25, 0.3) is 5.91 Å². The maximum Gasteiger partial charge on any atom is 0.330 e. The van der Waals surface area contributed by atoms with Crippen LogP contribution in [0.2, 0.25) is 0 Å². The molecule has 9 heteroatoms. The van der Waals surface area contributed by atoms with Gasteiger partial charge in [0.05, 0.1) is 17.3 Å². The summed E-state index contributed by atoms with van der Waals surface area (Å²) < 4.78 is 3.45. The minimum Gasteiger partial charge on any atom is -0.383 e. The number of likely N-dealkylation sites (N-methyl/N-ethyl adjacent to an activating group) is 1. The number of nitrogens with one attached hydrogen (secondary N) is 1. The number of rotatable bonds is 5. The summed E-state index contributed by atoms with van der Waals surface area (Å²) in [4.78, 5) is 32.6. The van der Waals surface area contributed by atoms with Crippen LogP contribution in [0.1, 0.15) is 39.3 Å². The van der Waals surface area contributed by atoms with Crippen molar-refractivity contribution in [3.8, 4) is 0 Å². The molecule has 2 aromatic rings. The predicted octanol–water partition coefficient (Wildman–Crippen LogP) is 2.45. The van der Waals surface area contributed by atoms with Crippen molar-refractivity contribution >= 4 is 34.6 Å². The van der Waals surface area contributed by atoms with Gasteiger partial charge in [-0.15, -0.1) is 0 Å². The number of fused-ring (bicyclic) bond motifs is 3. The van der Waals surface area contributed by atoms with Gasteiger partial charge in [0.1, 0.15) is 5.70 Å². The second-order valence-electron chi connectivity index (χ2n) is 9.87. The molecule has 2 atom stereocenters. The topological polar surface area (TPSA) is 98.2 Å². The first-order valence-corrected chi connectivity index (χ1v) is 11.9. The Balaban J connectivity index is 1.69. The molecule has 4 heterocycles. The van der Waals surface area contributed by atoms with Gasteiger partial charge in [-0.3, -0.25) is 19.1 Å². The highest BCUT2D eigenvalue weighted by molar-refractivity contribution is 8.00. The molecule has 2 bridgehead atoms. The number of imidazole rings is 1. The Morgan fingerprint density at radius 2 is 2.09 bits per heavy atom. The Morgan fingerprint density at radius 1 is 1.34 bits per heavy atom. The largest absolute Gasteiger partial charge is 0.383 e. The number of carbonyl (C=O) groups excluding carboxylic acids is 1. The SMILES string of the molecule is CN/C(=C\SN)C(=O)N1CC2CCC1C=C2c1ccc2c(n1)n(C)c(=O)n2CC(C)(C)C. The van der Waals surface area contributed by atoms with Crippen LogP contribution in [0.4, 0.5) is 0 Å². The summed E-state index contributed by atoms with van der Waals surface area (Å²) in [6, 6.07) is 4.06. The van der Waals surface area contributed by atoms with Gasteiger partial charge in [0.2, 0.25) is 0 Å². The number of hydrogen-bond acceptors (Lipinski definition) is 6. The number of piperidine rings is 1. The van der Waals surface area contributed by atoms with Gasteiger partial charge in [-0.1, -0.05) is 38.8 Å². The van der Waals surface area contributed by atoms with E-state index in [0.29, 0.717) is 24.4 Å². The molecular formula is C23H32N6O2S. The lowest BCUT2D eigenvalue weighted by Crippen LogP contribution is -2.51. The molecule has 2 aromatic heterocycles. The van der Waals surface area contributed by atoms with Crippen molar-refractivity contribution in [1.29, 1.82) is 0 Å². The Bertz CT molecular complexity index is 1170. The molecule has 0 saturated carbocycles. The fourth-order valence-corrected chi connectivity index (χ4v) is 5.15. The zero-order valence-electron chi connectivity index (χ0n) is 19.4. The number of carbonyl (C=O) groups is 1. The molecule has 1 amide bonds. The highest BCUT2D eigenvalue weighted by Gasteiger charge is 2.38. The predicted molar refractivity (Wildman–Crippen MR) is 130 cm³/mol. The summed E-state index contributed by atoms with van der Waals surface area (Å²) >= 11 is 1.03. The highest BCUT2D eigenvalue weighted by Crippen LogP contribution is 2.40. The molecular weight excluding hydrogens is 424 g/mol. The number of amides is 1. The quantitative estimate of drug-likeness (QED) is 0.530. The first-order valence-electron chi connectivity index (χ1n) is 11.0. The van der Waals surface area contributed by atoms with Crippen molar-refractivity contribution < 1.29 is 4.79 Å². The molecule has 3 N–H and O–H groups in total. The lowest BCUT2D eigenvalue weighted by atomic mass is 9.78. The van der Waals surface area contributed by atoms with Crippen LogP contribution in [0.3, 0.4) is 0 Å². The van der Waals surface area contributed by atoms with Crippen molar-refractivity contribution in [2.45, 2.75) is 46.2 Å². The van der Waals surface area contributed by atoms with Gasteiger partial charge in [-0.25, -0.2) is 9.78 Å². The monoisotopic (exact) mass is 456 g/mol. The van der Waals surface area contributed by atoms with E-state index in [1.807, 2.05) is 21.6 Å². The summed E-state index contributed by atoms with van der Waals surface area (Å²) in [5.41, 5.74) is 4.08. The standard InChI is InChI=1S/C23H32N6O2S/c1-23(2,3)13-29-19-9-8-17(26-20(19)27(5)22(29)31)16-10-15-7-6-14(16)11-28(15)21(30)18(25-4)12-32-24/h8-10,12,14-15,25H,6-7,11,13,24H2,1-5H3/b18-12-. The molecule has 32 heavy (non-hydrogen) atoms. The number of aromatic nitrogens is 3. The first-order chi connectivity index (χ1) is 15.1. The summed E-state index contributed by atoms with van der Waals surface area (Å²) in [6.07, 6.45) is 4.14. The van der Waals surface area contributed by atoms with Crippen molar-refractivity contribution in [1.82, 2.24) is 24.3 Å². The van der Waals surface area contributed by atoms with Crippen LogP contribution in [-0.4, -0.2) is 44.6 Å². The van der Waals surface area contributed by atoms with Crippen LogP contribution in [0, 0.1) is 11.3 Å². The summed E-state index contributed by atoms with van der Waals surface area (Å²) in [5, 5.41) is 10.1. The molecule has 2 aliphatic heterocycles. The minimum atomic E-state index is -0.0420.